The van der Waals surface area contributed by atoms with Crippen molar-refractivity contribution in [3.63, 3.8) is 0 Å². The van der Waals surface area contributed by atoms with Crippen LogP contribution in [0.5, 0.6) is 0 Å². The largest absolute Gasteiger partial charge is 0.468 e. The van der Waals surface area contributed by atoms with Gasteiger partial charge in [-0.15, -0.1) is 0 Å². The molecular formula is C15H34N2O10P2. The first-order valence-electron chi connectivity index (χ1n) is 8.45. The molecule has 0 fully saturated rings. The lowest BCUT2D eigenvalue weighted by Crippen LogP contribution is -2.37. The predicted molar refractivity (Wildman–Crippen MR) is 107 cm³/mol. The zero-order valence-corrected chi connectivity index (χ0v) is 20.1. The highest BCUT2D eigenvalue weighted by Gasteiger charge is 2.28. The van der Waals surface area contributed by atoms with E-state index in [-0.39, 0.29) is 37.7 Å². The van der Waals surface area contributed by atoms with Crippen LogP contribution in [-0.2, 0) is 46.3 Å². The second-order valence-electron chi connectivity index (χ2n) is 5.67. The van der Waals surface area contributed by atoms with E-state index in [1.54, 1.807) is 4.90 Å². The number of hydrogen-bond acceptors (Lipinski definition) is 12. The first-order valence-corrected chi connectivity index (χ1v) is 11.9. The maximum Gasteiger partial charge on any atom is 0.344 e. The molecule has 174 valence electrons. The zero-order chi connectivity index (χ0) is 23.1. The van der Waals surface area contributed by atoms with Gasteiger partial charge >= 0.3 is 27.1 Å². The summed E-state index contributed by atoms with van der Waals surface area (Å²) in [6.07, 6.45) is 0.0435. The Morgan fingerprint density at radius 2 is 1.28 bits per heavy atom. The summed E-state index contributed by atoms with van der Waals surface area (Å²) in [5, 5.41) is 2.59. The monoisotopic (exact) mass is 464 g/mol. The third kappa shape index (κ3) is 13.9. The Morgan fingerprint density at radius 3 is 1.62 bits per heavy atom. The van der Waals surface area contributed by atoms with Crippen molar-refractivity contribution in [3.05, 3.63) is 0 Å². The van der Waals surface area contributed by atoms with Crippen LogP contribution in [0.1, 0.15) is 13.8 Å². The summed E-state index contributed by atoms with van der Waals surface area (Å²) in [6, 6.07) is 0.0396. The van der Waals surface area contributed by atoms with E-state index in [9.17, 15) is 18.7 Å². The molecule has 0 unspecified atom stereocenters. The van der Waals surface area contributed by atoms with E-state index in [2.05, 4.69) is 23.8 Å². The first-order chi connectivity index (χ1) is 13.5. The number of methoxy groups -OCH3 is 2. The van der Waals surface area contributed by atoms with Gasteiger partial charge in [-0.3, -0.25) is 28.9 Å². The standard InChI is InChI=1S/C9H20NO5P.C6H14NO5P/c1-8(2)10(6-9(11)13-3)7-16(12,14-4)15-5;1-10-6(8)4-7-5-13(9,11-2)12-3/h8H,6-7H2,1-5H3;7H,4-5H2,1-3H3. The lowest BCUT2D eigenvalue weighted by atomic mass is 10.3. The van der Waals surface area contributed by atoms with Crippen molar-refractivity contribution in [2.45, 2.75) is 19.9 Å². The van der Waals surface area contributed by atoms with Gasteiger partial charge in [0.2, 0.25) is 0 Å². The van der Waals surface area contributed by atoms with Gasteiger partial charge in [-0.1, -0.05) is 0 Å². The number of hydrogen-bond donors (Lipinski definition) is 1. The van der Waals surface area contributed by atoms with Crippen LogP contribution in [0.3, 0.4) is 0 Å². The Balaban J connectivity index is 0. The van der Waals surface area contributed by atoms with E-state index in [4.69, 9.17) is 9.05 Å². The minimum atomic E-state index is -3.14. The number of carbonyl (C=O) groups excluding carboxylic acids is 2. The van der Waals surface area contributed by atoms with Gasteiger partial charge in [0.1, 0.15) is 6.29 Å². The molecule has 0 rings (SSSR count). The van der Waals surface area contributed by atoms with Gasteiger partial charge in [0.15, 0.2) is 0 Å². The quantitative estimate of drug-likeness (QED) is 0.312. The Hall–Kier alpha value is -0.840. The molecule has 0 saturated heterocycles. The van der Waals surface area contributed by atoms with Gasteiger partial charge in [-0.05, 0) is 13.8 Å². The lowest BCUT2D eigenvalue weighted by molar-refractivity contribution is -0.142. The van der Waals surface area contributed by atoms with E-state index < -0.39 is 21.2 Å². The van der Waals surface area contributed by atoms with Crippen molar-refractivity contribution in [2.24, 2.45) is 0 Å². The summed E-state index contributed by atoms with van der Waals surface area (Å²) in [5.74, 6) is -0.814. The van der Waals surface area contributed by atoms with E-state index in [1.165, 1.54) is 42.7 Å². The molecule has 0 heterocycles. The van der Waals surface area contributed by atoms with Crippen LogP contribution in [0.2, 0.25) is 0 Å². The summed E-state index contributed by atoms with van der Waals surface area (Å²) in [6.45, 7) is 3.81. The Labute approximate surface area is 172 Å². The molecule has 0 amide bonds. The molecule has 0 atom stereocenters. The molecule has 0 aliphatic heterocycles. The van der Waals surface area contributed by atoms with Gasteiger partial charge in [0.25, 0.3) is 0 Å². The molecule has 0 bridgehead atoms. The molecule has 0 aromatic heterocycles. The van der Waals surface area contributed by atoms with Crippen LogP contribution >= 0.6 is 15.2 Å². The molecule has 0 saturated carbocycles. The minimum absolute atomic E-state index is 0.0188. The summed E-state index contributed by atoms with van der Waals surface area (Å²) in [5.41, 5.74) is 0. The molecule has 14 heteroatoms. The molecular weight excluding hydrogens is 430 g/mol. The zero-order valence-electron chi connectivity index (χ0n) is 18.3. The number of nitrogens with zero attached hydrogens (tertiary/aromatic N) is 1. The van der Waals surface area contributed by atoms with Crippen molar-refractivity contribution >= 4 is 27.1 Å². The highest BCUT2D eigenvalue weighted by molar-refractivity contribution is 7.54. The molecule has 0 spiro atoms. The summed E-state index contributed by atoms with van der Waals surface area (Å²) in [7, 11) is 1.58. The van der Waals surface area contributed by atoms with Gasteiger partial charge < -0.3 is 27.6 Å². The smallest absolute Gasteiger partial charge is 0.344 e. The molecule has 29 heavy (non-hydrogen) atoms. The molecule has 0 aromatic carbocycles. The normalized spacial score (nSPS) is 11.8. The lowest BCUT2D eigenvalue weighted by Gasteiger charge is -2.27. The number of esters is 2. The second-order valence-corrected chi connectivity index (χ2v) is 10.2. The van der Waals surface area contributed by atoms with E-state index in [1.807, 2.05) is 13.8 Å². The average molecular weight is 464 g/mol. The van der Waals surface area contributed by atoms with Crippen molar-refractivity contribution in [2.75, 3.05) is 68.3 Å². The van der Waals surface area contributed by atoms with Crippen molar-refractivity contribution in [3.8, 4) is 0 Å². The molecule has 0 aliphatic rings. The van der Waals surface area contributed by atoms with E-state index in [0.29, 0.717) is 0 Å². The predicted octanol–water partition coefficient (Wildman–Crippen LogP) is 1.51. The summed E-state index contributed by atoms with van der Waals surface area (Å²) >= 11 is 0. The third-order valence-electron chi connectivity index (χ3n) is 3.56. The average Bonchev–Trinajstić information content (AvgIpc) is 2.72. The van der Waals surface area contributed by atoms with Crippen LogP contribution in [0.4, 0.5) is 0 Å². The summed E-state index contributed by atoms with van der Waals surface area (Å²) < 4.78 is 51.1. The first kappa shape index (κ1) is 30.4. The van der Waals surface area contributed by atoms with Gasteiger partial charge in [0, 0.05) is 34.5 Å². The summed E-state index contributed by atoms with van der Waals surface area (Å²) in [4.78, 5) is 23.5. The van der Waals surface area contributed by atoms with Crippen molar-refractivity contribution in [1.29, 1.82) is 0 Å². The van der Waals surface area contributed by atoms with Crippen LogP contribution in [-0.4, -0.2) is 91.2 Å². The SMILES string of the molecule is COC(=O)CN(CP(=O)(OC)OC)C(C)C.COC(=O)CNCP(=O)(OC)OC. The van der Waals surface area contributed by atoms with Crippen LogP contribution < -0.4 is 5.32 Å². The minimum Gasteiger partial charge on any atom is -0.468 e. The fourth-order valence-corrected chi connectivity index (χ4v) is 3.65. The maximum atomic E-state index is 11.9. The molecule has 0 radical (unpaired) electrons. The van der Waals surface area contributed by atoms with Crippen LogP contribution in [0.25, 0.3) is 0 Å². The highest BCUT2D eigenvalue weighted by atomic mass is 31.2. The second kappa shape index (κ2) is 15.9. The van der Waals surface area contributed by atoms with E-state index in [0.717, 1.165) is 0 Å². The fourth-order valence-electron chi connectivity index (χ4n) is 1.61. The fraction of sp³-hybridized carbons (Fsp3) is 0.867. The number of nitrogens with one attached hydrogen (secondary N) is 1. The van der Waals surface area contributed by atoms with Crippen molar-refractivity contribution < 1.29 is 46.3 Å². The van der Waals surface area contributed by atoms with Gasteiger partial charge in [-0.2, -0.15) is 0 Å². The number of rotatable bonds is 13. The Morgan fingerprint density at radius 1 is 0.828 bits per heavy atom. The molecule has 1 N–H and O–H groups in total. The van der Waals surface area contributed by atoms with Gasteiger partial charge in [0.05, 0.1) is 33.6 Å². The van der Waals surface area contributed by atoms with Crippen LogP contribution in [0, 0.1) is 0 Å². The van der Waals surface area contributed by atoms with Gasteiger partial charge in [-0.25, -0.2) is 0 Å². The van der Waals surface area contributed by atoms with E-state index >= 15 is 0 Å². The molecule has 0 aliphatic carbocycles. The molecule has 12 nitrogen and oxygen atoms in total. The maximum absolute atomic E-state index is 11.9. The topological polar surface area (TPSA) is 139 Å². The van der Waals surface area contributed by atoms with Crippen LogP contribution in [0.15, 0.2) is 0 Å². The third-order valence-corrected chi connectivity index (χ3v) is 7.11. The number of ether oxygens (including phenoxy) is 2. The van der Waals surface area contributed by atoms with Crippen molar-refractivity contribution in [1.82, 2.24) is 10.2 Å². The highest BCUT2D eigenvalue weighted by Crippen LogP contribution is 2.47. The number of carbonyl (C=O) groups is 2. The Bertz CT molecular complexity index is 557. The molecule has 0 aromatic rings. The Kier molecular flexibility index (Phi) is 16.7.